The van der Waals surface area contributed by atoms with E-state index in [0.29, 0.717) is 32.6 Å². The molecular formula is C18H21FN4O3. The fraction of sp³-hybridized carbons (Fsp3) is 0.389. The van der Waals surface area contributed by atoms with Crippen LogP contribution in [0.3, 0.4) is 0 Å². The third-order valence-electron chi connectivity index (χ3n) is 4.04. The minimum Gasteiger partial charge on any atom is -0.481 e. The Labute approximate surface area is 151 Å². The molecule has 1 heterocycles. The molecule has 8 heteroatoms. The van der Waals surface area contributed by atoms with Gasteiger partial charge in [0.1, 0.15) is 17.5 Å². The second-order valence-electron chi connectivity index (χ2n) is 5.91. The predicted octanol–water partition coefficient (Wildman–Crippen LogP) is 1.34. The minimum absolute atomic E-state index is 0.00411. The van der Waals surface area contributed by atoms with Crippen molar-refractivity contribution in [1.29, 1.82) is 5.26 Å². The maximum atomic E-state index is 13.0. The molecule has 0 aromatic heterocycles. The van der Waals surface area contributed by atoms with Gasteiger partial charge in [0, 0.05) is 51.0 Å². The third-order valence-corrected chi connectivity index (χ3v) is 4.04. The van der Waals surface area contributed by atoms with Crippen LogP contribution < -0.4 is 10.2 Å². The molecule has 0 radical (unpaired) electrons. The molecule has 1 saturated heterocycles. The highest BCUT2D eigenvalue weighted by Crippen LogP contribution is 2.17. The number of hydrogen-bond acceptors (Lipinski definition) is 5. The smallest absolute Gasteiger partial charge is 0.303 e. The number of benzene rings is 1. The average molecular weight is 360 g/mol. The van der Waals surface area contributed by atoms with E-state index in [1.165, 1.54) is 18.3 Å². The van der Waals surface area contributed by atoms with E-state index >= 15 is 0 Å². The van der Waals surface area contributed by atoms with Gasteiger partial charge >= 0.3 is 5.97 Å². The van der Waals surface area contributed by atoms with Crippen molar-refractivity contribution in [3.8, 4) is 6.07 Å². The van der Waals surface area contributed by atoms with Gasteiger partial charge in [-0.25, -0.2) is 4.39 Å². The van der Waals surface area contributed by atoms with Gasteiger partial charge in [-0.15, -0.1) is 0 Å². The second kappa shape index (κ2) is 9.42. The van der Waals surface area contributed by atoms with Crippen molar-refractivity contribution in [2.75, 3.05) is 37.6 Å². The molecule has 2 N–H and O–H groups in total. The van der Waals surface area contributed by atoms with Crippen LogP contribution in [0.1, 0.15) is 12.8 Å². The first-order valence-corrected chi connectivity index (χ1v) is 8.36. The van der Waals surface area contributed by atoms with Gasteiger partial charge in [-0.3, -0.25) is 9.59 Å². The molecule has 0 unspecified atom stereocenters. The number of hydrogen-bond donors (Lipinski definition) is 2. The Morgan fingerprint density at radius 2 is 1.88 bits per heavy atom. The molecule has 0 saturated carbocycles. The summed E-state index contributed by atoms with van der Waals surface area (Å²) in [5.41, 5.74) is 0.933. The van der Waals surface area contributed by atoms with E-state index in [9.17, 15) is 19.2 Å². The van der Waals surface area contributed by atoms with Crippen LogP contribution in [0.2, 0.25) is 0 Å². The van der Waals surface area contributed by atoms with Gasteiger partial charge in [-0.1, -0.05) is 0 Å². The zero-order chi connectivity index (χ0) is 18.9. The number of carboxylic acid groups (broad SMARTS) is 1. The lowest BCUT2D eigenvalue weighted by Crippen LogP contribution is -2.44. The molecule has 2 rings (SSSR count). The van der Waals surface area contributed by atoms with Crippen LogP contribution in [0, 0.1) is 17.1 Å². The highest BCUT2D eigenvalue weighted by molar-refractivity contribution is 5.97. The zero-order valence-corrected chi connectivity index (χ0v) is 14.3. The van der Waals surface area contributed by atoms with E-state index in [1.807, 2.05) is 11.0 Å². The molecule has 1 amide bonds. The summed E-state index contributed by atoms with van der Waals surface area (Å²) in [6.07, 6.45) is 1.82. The Kier molecular flexibility index (Phi) is 6.97. The summed E-state index contributed by atoms with van der Waals surface area (Å²) in [5.74, 6) is -1.70. The largest absolute Gasteiger partial charge is 0.481 e. The lowest BCUT2D eigenvalue weighted by atomic mass is 10.2. The first-order chi connectivity index (χ1) is 12.5. The van der Waals surface area contributed by atoms with Gasteiger partial charge in [0.05, 0.1) is 0 Å². The molecule has 0 bridgehead atoms. The maximum absolute atomic E-state index is 13.0. The van der Waals surface area contributed by atoms with Gasteiger partial charge in [-0.05, 0) is 30.7 Å². The topological polar surface area (TPSA) is 96.7 Å². The van der Waals surface area contributed by atoms with Crippen molar-refractivity contribution in [2.24, 2.45) is 0 Å². The van der Waals surface area contributed by atoms with Crippen LogP contribution >= 0.6 is 0 Å². The summed E-state index contributed by atoms with van der Waals surface area (Å²) in [6.45, 7) is 2.87. The van der Waals surface area contributed by atoms with E-state index < -0.39 is 11.9 Å². The first kappa shape index (κ1) is 19.2. The average Bonchev–Trinajstić information content (AvgIpc) is 2.64. The Morgan fingerprint density at radius 1 is 1.23 bits per heavy atom. The number of aliphatic carboxylic acids is 1. The number of piperazine rings is 1. The number of nitriles is 1. The molecule has 26 heavy (non-hydrogen) atoms. The van der Waals surface area contributed by atoms with Crippen molar-refractivity contribution >= 4 is 17.6 Å². The summed E-state index contributed by atoms with van der Waals surface area (Å²) in [4.78, 5) is 26.4. The van der Waals surface area contributed by atoms with Gasteiger partial charge in [-0.2, -0.15) is 5.26 Å². The normalized spacial score (nSPS) is 14.7. The summed E-state index contributed by atoms with van der Waals surface area (Å²) in [5, 5.41) is 20.3. The van der Waals surface area contributed by atoms with Crippen molar-refractivity contribution in [1.82, 2.24) is 10.2 Å². The van der Waals surface area contributed by atoms with Gasteiger partial charge in [0.25, 0.3) is 5.91 Å². The standard InChI is InChI=1S/C18H21FN4O3/c19-15-3-5-16(6-4-15)23-10-8-22(9-11-23)13-14(12-20)18(26)21-7-1-2-17(24)25/h3-6,13H,1-2,7-11H2,(H,21,26)(H,24,25)/b14-13-. The Bertz CT molecular complexity index is 704. The van der Waals surface area contributed by atoms with E-state index in [-0.39, 0.29) is 24.4 Å². The van der Waals surface area contributed by atoms with Crippen molar-refractivity contribution in [3.05, 3.63) is 41.9 Å². The minimum atomic E-state index is -0.922. The van der Waals surface area contributed by atoms with Gasteiger partial charge in [0.2, 0.25) is 0 Å². The monoisotopic (exact) mass is 360 g/mol. The second-order valence-corrected chi connectivity index (χ2v) is 5.91. The van der Waals surface area contributed by atoms with Crippen LogP contribution in [-0.4, -0.2) is 54.6 Å². The van der Waals surface area contributed by atoms with Gasteiger partial charge < -0.3 is 20.2 Å². The predicted molar refractivity (Wildman–Crippen MR) is 93.8 cm³/mol. The number of rotatable bonds is 7. The Hall–Kier alpha value is -3.08. The molecule has 7 nitrogen and oxygen atoms in total. The molecule has 1 aliphatic rings. The molecular weight excluding hydrogens is 339 g/mol. The zero-order valence-electron chi connectivity index (χ0n) is 14.3. The van der Waals surface area contributed by atoms with Crippen molar-refractivity contribution < 1.29 is 19.1 Å². The molecule has 0 aliphatic carbocycles. The number of anilines is 1. The summed E-state index contributed by atoms with van der Waals surface area (Å²) in [6, 6.07) is 8.18. The summed E-state index contributed by atoms with van der Waals surface area (Å²) < 4.78 is 13.0. The molecule has 0 spiro atoms. The fourth-order valence-corrected chi connectivity index (χ4v) is 2.62. The lowest BCUT2D eigenvalue weighted by molar-refractivity contribution is -0.137. The number of amides is 1. The highest BCUT2D eigenvalue weighted by Gasteiger charge is 2.17. The fourth-order valence-electron chi connectivity index (χ4n) is 2.62. The van der Waals surface area contributed by atoms with E-state index in [1.54, 1.807) is 12.1 Å². The molecule has 138 valence electrons. The number of carbonyl (C=O) groups is 2. The van der Waals surface area contributed by atoms with Crippen LogP contribution in [0.4, 0.5) is 10.1 Å². The quantitative estimate of drug-likeness (QED) is 0.433. The van der Waals surface area contributed by atoms with Gasteiger partial charge in [0.15, 0.2) is 0 Å². The number of carbonyl (C=O) groups excluding carboxylic acids is 1. The third kappa shape index (κ3) is 5.77. The van der Waals surface area contributed by atoms with E-state index in [4.69, 9.17) is 5.11 Å². The van der Waals surface area contributed by atoms with Crippen molar-refractivity contribution in [2.45, 2.75) is 12.8 Å². The van der Waals surface area contributed by atoms with Crippen LogP contribution in [-0.2, 0) is 9.59 Å². The molecule has 1 fully saturated rings. The Morgan fingerprint density at radius 3 is 2.46 bits per heavy atom. The lowest BCUT2D eigenvalue weighted by Gasteiger charge is -2.35. The van der Waals surface area contributed by atoms with Crippen LogP contribution in [0.25, 0.3) is 0 Å². The maximum Gasteiger partial charge on any atom is 0.303 e. The van der Waals surface area contributed by atoms with E-state index in [2.05, 4.69) is 10.2 Å². The molecule has 1 aromatic rings. The SMILES string of the molecule is N#C/C(=C/N1CCN(c2ccc(F)cc2)CC1)C(=O)NCCCC(=O)O. The van der Waals surface area contributed by atoms with Crippen LogP contribution in [0.15, 0.2) is 36.0 Å². The number of nitrogens with one attached hydrogen (secondary N) is 1. The molecule has 1 aliphatic heterocycles. The first-order valence-electron chi connectivity index (χ1n) is 8.36. The summed E-state index contributed by atoms with van der Waals surface area (Å²) in [7, 11) is 0. The molecule has 0 atom stereocenters. The Balaban J connectivity index is 1.84. The van der Waals surface area contributed by atoms with Crippen molar-refractivity contribution in [3.63, 3.8) is 0 Å². The number of halogens is 1. The number of carboxylic acids is 1. The molecule has 1 aromatic carbocycles. The highest BCUT2D eigenvalue weighted by atomic mass is 19.1. The van der Waals surface area contributed by atoms with E-state index in [0.717, 1.165) is 5.69 Å². The summed E-state index contributed by atoms with van der Waals surface area (Å²) >= 11 is 0. The van der Waals surface area contributed by atoms with Crippen LogP contribution in [0.5, 0.6) is 0 Å². The number of nitrogens with zero attached hydrogens (tertiary/aromatic N) is 3.